The van der Waals surface area contributed by atoms with E-state index in [2.05, 4.69) is 10.1 Å². The van der Waals surface area contributed by atoms with Gasteiger partial charge in [0, 0.05) is 31.2 Å². The number of carbonyl (C=O) groups is 1. The van der Waals surface area contributed by atoms with Crippen LogP contribution in [0.4, 0.5) is 14.9 Å². The number of nitrogens with zero attached hydrogens (tertiary/aromatic N) is 2. The van der Waals surface area contributed by atoms with Crippen molar-refractivity contribution in [1.29, 1.82) is 0 Å². The van der Waals surface area contributed by atoms with Crippen LogP contribution in [0.25, 0.3) is 10.9 Å². The number of hydrogen-bond acceptors (Lipinski definition) is 5. The number of carboxylic acid groups (broad SMARTS) is 1. The average Bonchev–Trinajstić information content (AvgIpc) is 3.44. The molecule has 8 heteroatoms. The molecule has 0 spiro atoms. The van der Waals surface area contributed by atoms with E-state index in [-0.39, 0.29) is 29.3 Å². The molecule has 144 valence electrons. The van der Waals surface area contributed by atoms with Gasteiger partial charge in [0.15, 0.2) is 5.75 Å². The van der Waals surface area contributed by atoms with Gasteiger partial charge in [-0.05, 0) is 38.8 Å². The summed E-state index contributed by atoms with van der Waals surface area (Å²) >= 11 is 0. The number of hydrogen-bond donors (Lipinski definition) is 2. The summed E-state index contributed by atoms with van der Waals surface area (Å²) in [5, 5.41) is 12.4. The summed E-state index contributed by atoms with van der Waals surface area (Å²) in [5.74, 6) is -0.784. The lowest BCUT2D eigenvalue weighted by atomic mass is 10.1. The summed E-state index contributed by atoms with van der Waals surface area (Å²) in [6.45, 7) is 5.49. The van der Waals surface area contributed by atoms with Crippen LogP contribution in [0, 0.1) is 5.82 Å². The molecule has 0 bridgehead atoms. The summed E-state index contributed by atoms with van der Waals surface area (Å²) in [4.78, 5) is 25.5. The van der Waals surface area contributed by atoms with Crippen molar-refractivity contribution in [3.8, 4) is 5.75 Å². The summed E-state index contributed by atoms with van der Waals surface area (Å²) < 4.78 is 21.4. The van der Waals surface area contributed by atoms with Gasteiger partial charge in [-0.2, -0.15) is 0 Å². The van der Waals surface area contributed by atoms with E-state index in [1.165, 1.54) is 12.3 Å². The lowest BCUT2D eigenvalue weighted by Gasteiger charge is -2.39. The number of ether oxygens (including phenoxy) is 1. The minimum absolute atomic E-state index is 0.115. The van der Waals surface area contributed by atoms with Crippen molar-refractivity contribution in [2.24, 2.45) is 0 Å². The number of halogens is 1. The van der Waals surface area contributed by atoms with Crippen LogP contribution < -0.4 is 20.4 Å². The zero-order valence-corrected chi connectivity index (χ0v) is 15.2. The molecule has 2 aliphatic rings. The third-order valence-electron chi connectivity index (χ3n) is 5.28. The van der Waals surface area contributed by atoms with E-state index >= 15 is 0 Å². The third kappa shape index (κ3) is 3.25. The predicted octanol–water partition coefficient (Wildman–Crippen LogP) is 2.72. The van der Waals surface area contributed by atoms with Crippen LogP contribution in [-0.2, 0) is 0 Å². The van der Waals surface area contributed by atoms with Gasteiger partial charge in [0.25, 0.3) is 0 Å². The number of pyridine rings is 1. The summed E-state index contributed by atoms with van der Waals surface area (Å²) in [5.41, 5.74) is 0.454. The quantitative estimate of drug-likeness (QED) is 0.803. The van der Waals surface area contributed by atoms with E-state index in [1.807, 2.05) is 23.3 Å². The van der Waals surface area contributed by atoms with Crippen LogP contribution in [0.1, 0.15) is 32.7 Å². The second-order valence-electron chi connectivity index (χ2n) is 7.46. The highest BCUT2D eigenvalue weighted by Gasteiger charge is 2.29. The SMILES string of the molecule is CC1CN(c2cc3c(cc2F)c(=O)c(OC(=O)O)cn3C2CC2)C(C)CN1. The van der Waals surface area contributed by atoms with E-state index in [0.29, 0.717) is 17.7 Å². The van der Waals surface area contributed by atoms with Gasteiger partial charge in [-0.25, -0.2) is 9.18 Å². The fraction of sp³-hybridized carbons (Fsp3) is 0.474. The Hall–Kier alpha value is -2.61. The van der Waals surface area contributed by atoms with Crippen LogP contribution >= 0.6 is 0 Å². The van der Waals surface area contributed by atoms with Gasteiger partial charge in [-0.1, -0.05) is 0 Å². The fourth-order valence-corrected chi connectivity index (χ4v) is 3.73. The number of piperazine rings is 1. The number of nitrogens with one attached hydrogen (secondary N) is 1. The molecule has 4 rings (SSSR count). The van der Waals surface area contributed by atoms with Gasteiger partial charge in [-0.15, -0.1) is 0 Å². The third-order valence-corrected chi connectivity index (χ3v) is 5.28. The van der Waals surface area contributed by atoms with Crippen molar-refractivity contribution in [3.63, 3.8) is 0 Å². The van der Waals surface area contributed by atoms with Gasteiger partial charge in [0.2, 0.25) is 5.43 Å². The molecule has 27 heavy (non-hydrogen) atoms. The molecule has 2 atom stereocenters. The van der Waals surface area contributed by atoms with E-state index in [0.717, 1.165) is 19.4 Å². The van der Waals surface area contributed by atoms with Crippen molar-refractivity contribution in [2.45, 2.75) is 44.8 Å². The fourth-order valence-electron chi connectivity index (χ4n) is 3.73. The molecule has 7 nitrogen and oxygen atoms in total. The largest absolute Gasteiger partial charge is 0.511 e. The number of fused-ring (bicyclic) bond motifs is 1. The van der Waals surface area contributed by atoms with E-state index in [1.54, 1.807) is 6.07 Å². The Morgan fingerprint density at radius 3 is 2.74 bits per heavy atom. The maximum Gasteiger partial charge on any atom is 0.511 e. The lowest BCUT2D eigenvalue weighted by Crippen LogP contribution is -2.54. The second-order valence-corrected chi connectivity index (χ2v) is 7.46. The smallest absolute Gasteiger partial charge is 0.449 e. The van der Waals surface area contributed by atoms with Gasteiger partial charge in [0.1, 0.15) is 5.82 Å². The molecule has 2 N–H and O–H groups in total. The van der Waals surface area contributed by atoms with Gasteiger partial charge in [0.05, 0.1) is 22.8 Å². The molecule has 1 aliphatic carbocycles. The molecule has 2 fully saturated rings. The Kier molecular flexibility index (Phi) is 4.30. The molecule has 0 radical (unpaired) electrons. The Bertz CT molecular complexity index is 970. The first kappa shape index (κ1) is 17.8. The van der Waals surface area contributed by atoms with Crippen molar-refractivity contribution in [2.75, 3.05) is 18.0 Å². The topological polar surface area (TPSA) is 83.8 Å². The van der Waals surface area contributed by atoms with E-state index in [9.17, 15) is 14.0 Å². The summed E-state index contributed by atoms with van der Waals surface area (Å²) in [6, 6.07) is 3.43. The minimum Gasteiger partial charge on any atom is -0.449 e. The summed E-state index contributed by atoms with van der Waals surface area (Å²) in [7, 11) is 0. The molecule has 1 saturated heterocycles. The van der Waals surface area contributed by atoms with Crippen molar-refractivity contribution < 1.29 is 19.0 Å². The first-order chi connectivity index (χ1) is 12.8. The van der Waals surface area contributed by atoms with Crippen molar-refractivity contribution >= 4 is 22.7 Å². The summed E-state index contributed by atoms with van der Waals surface area (Å²) in [6.07, 6.45) is 1.73. The molecular formula is C19H22FN3O4. The maximum atomic E-state index is 15.0. The normalized spacial score (nSPS) is 22.9. The van der Waals surface area contributed by atoms with Crippen LogP contribution in [0.5, 0.6) is 5.75 Å². The lowest BCUT2D eigenvalue weighted by molar-refractivity contribution is 0.143. The first-order valence-electron chi connectivity index (χ1n) is 9.14. The minimum atomic E-state index is -1.56. The zero-order valence-electron chi connectivity index (χ0n) is 15.2. The zero-order chi connectivity index (χ0) is 19.3. The van der Waals surface area contributed by atoms with Crippen molar-refractivity contribution in [1.82, 2.24) is 9.88 Å². The Morgan fingerprint density at radius 2 is 2.07 bits per heavy atom. The molecule has 1 aliphatic heterocycles. The van der Waals surface area contributed by atoms with Gasteiger partial charge >= 0.3 is 6.16 Å². The highest BCUT2D eigenvalue weighted by Crippen LogP contribution is 2.39. The molecule has 1 aromatic heterocycles. The Labute approximate surface area is 155 Å². The highest BCUT2D eigenvalue weighted by molar-refractivity contribution is 5.85. The van der Waals surface area contributed by atoms with Crippen LogP contribution in [0.3, 0.4) is 0 Å². The molecular weight excluding hydrogens is 353 g/mol. The number of aromatic nitrogens is 1. The van der Waals surface area contributed by atoms with Crippen LogP contribution in [0.15, 0.2) is 23.1 Å². The maximum absolute atomic E-state index is 15.0. The average molecular weight is 375 g/mol. The van der Waals surface area contributed by atoms with E-state index in [4.69, 9.17) is 5.11 Å². The monoisotopic (exact) mass is 375 g/mol. The molecule has 2 unspecified atom stereocenters. The Morgan fingerprint density at radius 1 is 1.33 bits per heavy atom. The number of rotatable bonds is 3. The standard InChI is InChI=1S/C19H22FN3O4/c1-10-8-22(11(2)7-21-10)16-6-15-13(5-14(16)20)18(24)17(27-19(25)26)9-23(15)12-3-4-12/h5-6,9-12,21H,3-4,7-8H2,1-2H3,(H,25,26). The first-order valence-corrected chi connectivity index (χ1v) is 9.14. The molecule has 2 heterocycles. The second kappa shape index (κ2) is 6.53. The number of benzene rings is 1. The number of anilines is 1. The predicted molar refractivity (Wildman–Crippen MR) is 99.4 cm³/mol. The van der Waals surface area contributed by atoms with Gasteiger partial charge in [-0.3, -0.25) is 4.79 Å². The molecule has 2 aromatic rings. The highest BCUT2D eigenvalue weighted by atomic mass is 19.1. The molecule has 1 saturated carbocycles. The van der Waals surface area contributed by atoms with E-state index < -0.39 is 17.4 Å². The molecule has 1 aromatic carbocycles. The Balaban J connectivity index is 1.89. The van der Waals surface area contributed by atoms with Crippen LogP contribution in [-0.4, -0.2) is 41.0 Å². The van der Waals surface area contributed by atoms with Crippen LogP contribution in [0.2, 0.25) is 0 Å². The molecule has 0 amide bonds. The van der Waals surface area contributed by atoms with Crippen molar-refractivity contribution in [3.05, 3.63) is 34.4 Å². The van der Waals surface area contributed by atoms with Gasteiger partial charge < -0.3 is 24.6 Å².